The van der Waals surface area contributed by atoms with Crippen LogP contribution in [0.15, 0.2) is 0 Å². The summed E-state index contributed by atoms with van der Waals surface area (Å²) in [6.07, 6.45) is 3.14. The van der Waals surface area contributed by atoms with Gasteiger partial charge < -0.3 is 15.7 Å². The summed E-state index contributed by atoms with van der Waals surface area (Å²) in [4.78, 5) is 14.1. The van der Waals surface area contributed by atoms with E-state index in [-0.39, 0.29) is 24.4 Å². The van der Waals surface area contributed by atoms with Crippen LogP contribution < -0.4 is 5.73 Å². The van der Waals surface area contributed by atoms with E-state index in [2.05, 4.69) is 10.2 Å². The first-order chi connectivity index (χ1) is 8.15. The number of carbonyl (C=O) groups is 1. The van der Waals surface area contributed by atoms with Gasteiger partial charge in [-0.05, 0) is 26.2 Å². The van der Waals surface area contributed by atoms with Gasteiger partial charge in [0, 0.05) is 18.3 Å². The van der Waals surface area contributed by atoms with E-state index in [1.807, 2.05) is 0 Å². The van der Waals surface area contributed by atoms with Crippen LogP contribution >= 0.6 is 0 Å². The molecule has 0 unspecified atom stereocenters. The first kappa shape index (κ1) is 11.9. The molecule has 1 heterocycles. The number of aryl methyl sites for hydroxylation is 1. The lowest BCUT2D eigenvalue weighted by Crippen LogP contribution is -2.45. The van der Waals surface area contributed by atoms with E-state index in [9.17, 15) is 4.79 Å². The van der Waals surface area contributed by atoms with Crippen LogP contribution in [0.25, 0.3) is 0 Å². The Bertz CT molecular complexity index is 392. The predicted molar refractivity (Wildman–Crippen MR) is 63.5 cm³/mol. The molecular formula is C11H18N4O2. The van der Waals surface area contributed by atoms with Crippen molar-refractivity contribution >= 4 is 11.7 Å². The van der Waals surface area contributed by atoms with E-state index in [1.165, 1.54) is 0 Å². The Morgan fingerprint density at radius 3 is 2.76 bits per heavy atom. The van der Waals surface area contributed by atoms with Gasteiger partial charge in [0.05, 0.1) is 6.61 Å². The molecule has 1 aromatic rings. The number of amides is 1. The summed E-state index contributed by atoms with van der Waals surface area (Å²) in [7, 11) is 0. The van der Waals surface area contributed by atoms with Crippen LogP contribution in [0.1, 0.15) is 35.3 Å². The summed E-state index contributed by atoms with van der Waals surface area (Å²) in [5.41, 5.74) is 6.79. The monoisotopic (exact) mass is 238 g/mol. The summed E-state index contributed by atoms with van der Waals surface area (Å²) < 4.78 is 0. The fourth-order valence-electron chi connectivity index (χ4n) is 2.12. The number of H-pyrrole nitrogens is 1. The van der Waals surface area contributed by atoms with E-state index < -0.39 is 0 Å². The molecule has 17 heavy (non-hydrogen) atoms. The van der Waals surface area contributed by atoms with Crippen molar-refractivity contribution in [1.29, 1.82) is 0 Å². The average Bonchev–Trinajstić information content (AvgIpc) is 2.54. The third-order valence-electron chi connectivity index (χ3n) is 3.31. The lowest BCUT2D eigenvalue weighted by Gasteiger charge is -2.37. The highest BCUT2D eigenvalue weighted by Gasteiger charge is 2.31. The van der Waals surface area contributed by atoms with Gasteiger partial charge in [-0.1, -0.05) is 0 Å². The topological polar surface area (TPSA) is 95.2 Å². The summed E-state index contributed by atoms with van der Waals surface area (Å²) in [6.45, 7) is 2.10. The molecule has 6 heteroatoms. The van der Waals surface area contributed by atoms with Crippen molar-refractivity contribution in [2.24, 2.45) is 0 Å². The molecule has 0 saturated heterocycles. The molecule has 1 aromatic heterocycles. The summed E-state index contributed by atoms with van der Waals surface area (Å²) >= 11 is 0. The molecule has 0 bridgehead atoms. The maximum atomic E-state index is 12.3. The molecule has 6 nitrogen and oxygen atoms in total. The highest BCUT2D eigenvalue weighted by molar-refractivity contribution is 5.99. The quantitative estimate of drug-likeness (QED) is 0.702. The zero-order valence-electron chi connectivity index (χ0n) is 9.94. The summed E-state index contributed by atoms with van der Waals surface area (Å²) in [5, 5.41) is 15.6. The minimum absolute atomic E-state index is 0.0287. The maximum Gasteiger partial charge on any atom is 0.259 e. The van der Waals surface area contributed by atoms with Crippen LogP contribution in [-0.4, -0.2) is 45.3 Å². The van der Waals surface area contributed by atoms with Gasteiger partial charge in [0.25, 0.3) is 5.91 Å². The van der Waals surface area contributed by atoms with Gasteiger partial charge in [0.1, 0.15) is 5.56 Å². The second-order valence-electron chi connectivity index (χ2n) is 4.42. The Morgan fingerprint density at radius 2 is 2.35 bits per heavy atom. The fraction of sp³-hybridized carbons (Fsp3) is 0.636. The lowest BCUT2D eigenvalue weighted by molar-refractivity contribution is 0.0526. The van der Waals surface area contributed by atoms with Crippen LogP contribution in [0.5, 0.6) is 0 Å². The van der Waals surface area contributed by atoms with E-state index in [1.54, 1.807) is 11.8 Å². The van der Waals surface area contributed by atoms with Crippen molar-refractivity contribution in [2.45, 2.75) is 32.2 Å². The van der Waals surface area contributed by atoms with Crippen molar-refractivity contribution in [3.8, 4) is 0 Å². The number of carbonyl (C=O) groups excluding carboxylic acids is 1. The number of hydrogen-bond acceptors (Lipinski definition) is 4. The second kappa shape index (κ2) is 4.75. The first-order valence-corrected chi connectivity index (χ1v) is 5.87. The normalized spacial score (nSPS) is 15.6. The van der Waals surface area contributed by atoms with E-state index >= 15 is 0 Å². The number of anilines is 1. The third-order valence-corrected chi connectivity index (χ3v) is 3.31. The fourth-order valence-corrected chi connectivity index (χ4v) is 2.12. The number of nitrogen functional groups attached to an aromatic ring is 1. The van der Waals surface area contributed by atoms with Gasteiger partial charge in [-0.25, -0.2) is 0 Å². The largest absolute Gasteiger partial charge is 0.395 e. The van der Waals surface area contributed by atoms with Crippen molar-refractivity contribution in [3.05, 3.63) is 11.3 Å². The van der Waals surface area contributed by atoms with Crippen molar-refractivity contribution in [1.82, 2.24) is 15.1 Å². The van der Waals surface area contributed by atoms with Gasteiger partial charge in [0.2, 0.25) is 0 Å². The Balaban J connectivity index is 2.21. The predicted octanol–water partition coefficient (Wildman–Crippen LogP) is 0.287. The standard InChI is InChI=1S/C11H18N4O2/c1-7-9(10(12)14-13-7)11(17)15(5-6-16)8-3-2-4-8/h8,16H,2-6H2,1H3,(H3,12,13,14). The molecule has 1 amide bonds. The van der Waals surface area contributed by atoms with Crippen LogP contribution in [-0.2, 0) is 0 Å². The van der Waals surface area contributed by atoms with E-state index in [0.717, 1.165) is 19.3 Å². The van der Waals surface area contributed by atoms with E-state index in [0.29, 0.717) is 17.8 Å². The van der Waals surface area contributed by atoms with Gasteiger partial charge in [-0.15, -0.1) is 0 Å². The molecule has 1 aliphatic carbocycles. The Labute approximate surface area is 99.8 Å². The van der Waals surface area contributed by atoms with Crippen LogP contribution in [0.3, 0.4) is 0 Å². The van der Waals surface area contributed by atoms with E-state index in [4.69, 9.17) is 10.8 Å². The Morgan fingerprint density at radius 1 is 1.65 bits per heavy atom. The van der Waals surface area contributed by atoms with Crippen molar-refractivity contribution < 1.29 is 9.90 Å². The molecule has 1 aliphatic rings. The highest BCUT2D eigenvalue weighted by atomic mass is 16.3. The molecule has 0 aromatic carbocycles. The van der Waals surface area contributed by atoms with Crippen molar-refractivity contribution in [3.63, 3.8) is 0 Å². The number of aromatic nitrogens is 2. The van der Waals surface area contributed by atoms with Gasteiger partial charge in [-0.2, -0.15) is 5.10 Å². The first-order valence-electron chi connectivity index (χ1n) is 5.87. The zero-order chi connectivity index (χ0) is 12.4. The minimum atomic E-state index is -0.132. The van der Waals surface area contributed by atoms with Crippen LogP contribution in [0, 0.1) is 6.92 Å². The number of aliphatic hydroxyl groups is 1. The molecule has 0 spiro atoms. The number of rotatable bonds is 4. The summed E-state index contributed by atoms with van der Waals surface area (Å²) in [5.74, 6) is 0.0993. The maximum absolute atomic E-state index is 12.3. The minimum Gasteiger partial charge on any atom is -0.395 e. The summed E-state index contributed by atoms with van der Waals surface area (Å²) in [6, 6.07) is 0.239. The smallest absolute Gasteiger partial charge is 0.259 e. The molecule has 0 atom stereocenters. The van der Waals surface area contributed by atoms with Gasteiger partial charge in [0.15, 0.2) is 5.82 Å². The number of nitrogens with two attached hydrogens (primary N) is 1. The molecule has 1 fully saturated rings. The van der Waals surface area contributed by atoms with Crippen molar-refractivity contribution in [2.75, 3.05) is 18.9 Å². The number of nitrogens with one attached hydrogen (secondary N) is 1. The number of aromatic amines is 1. The second-order valence-corrected chi connectivity index (χ2v) is 4.42. The Kier molecular flexibility index (Phi) is 3.33. The zero-order valence-corrected chi connectivity index (χ0v) is 9.94. The molecule has 0 radical (unpaired) electrons. The molecule has 94 valence electrons. The Hall–Kier alpha value is -1.56. The molecule has 4 N–H and O–H groups in total. The van der Waals surface area contributed by atoms with Gasteiger partial charge >= 0.3 is 0 Å². The highest BCUT2D eigenvalue weighted by Crippen LogP contribution is 2.27. The molecule has 2 rings (SSSR count). The number of nitrogens with zero attached hydrogens (tertiary/aromatic N) is 2. The lowest BCUT2D eigenvalue weighted by atomic mass is 9.91. The SMILES string of the molecule is Cc1[nH]nc(N)c1C(=O)N(CCO)C1CCC1. The molecule has 0 aliphatic heterocycles. The molecule has 1 saturated carbocycles. The van der Waals surface area contributed by atoms with Crippen LogP contribution in [0.4, 0.5) is 5.82 Å². The number of hydrogen-bond donors (Lipinski definition) is 3. The third kappa shape index (κ3) is 2.12. The van der Waals surface area contributed by atoms with Crippen LogP contribution in [0.2, 0.25) is 0 Å². The average molecular weight is 238 g/mol. The molecular weight excluding hydrogens is 220 g/mol. The number of aliphatic hydroxyl groups excluding tert-OH is 1. The van der Waals surface area contributed by atoms with Gasteiger partial charge in [-0.3, -0.25) is 9.89 Å².